The maximum atomic E-state index is 6.03. The smallest absolute Gasteiger partial charge is 0.140 e. The van der Waals surface area contributed by atoms with Crippen LogP contribution in [0.2, 0.25) is 0 Å². The Morgan fingerprint density at radius 1 is 1.20 bits per heavy atom. The number of nitrogen functional groups attached to an aromatic ring is 1. The van der Waals surface area contributed by atoms with Crippen molar-refractivity contribution in [1.82, 2.24) is 9.97 Å². The Bertz CT molecular complexity index is 939. The number of fused-ring (bicyclic) bond motifs is 2. The summed E-state index contributed by atoms with van der Waals surface area (Å²) in [5, 5.41) is 3.35. The normalized spacial score (nSPS) is 11.4. The van der Waals surface area contributed by atoms with Gasteiger partial charge in [0.05, 0.1) is 11.2 Å². The van der Waals surface area contributed by atoms with Gasteiger partial charge in [-0.2, -0.15) is 0 Å². The Hall–Kier alpha value is -1.85. The third-order valence-electron chi connectivity index (χ3n) is 3.32. The van der Waals surface area contributed by atoms with Crippen LogP contribution in [-0.2, 0) is 0 Å². The zero-order chi connectivity index (χ0) is 13.7. The zero-order valence-corrected chi connectivity index (χ0v) is 12.8. The first-order valence-electron chi connectivity index (χ1n) is 6.14. The second-order valence-electron chi connectivity index (χ2n) is 4.62. The highest BCUT2D eigenvalue weighted by molar-refractivity contribution is 9.10. The molecule has 20 heavy (non-hydrogen) atoms. The molecule has 98 valence electrons. The number of nitrogens with two attached hydrogens (primary N) is 1. The van der Waals surface area contributed by atoms with Crippen LogP contribution in [0.15, 0.2) is 46.3 Å². The minimum absolute atomic E-state index is 0.677. The number of aromatic amines is 1. The molecule has 4 aromatic rings. The molecule has 0 amide bonds. The number of hydrogen-bond donors (Lipinski definition) is 2. The van der Waals surface area contributed by atoms with E-state index in [4.69, 9.17) is 5.73 Å². The topological polar surface area (TPSA) is 54.7 Å². The fraction of sp³-hybridized carbons (Fsp3) is 0. The number of thiophene rings is 1. The SMILES string of the molecule is Nc1cc(Br)cc2[nH]c(-c3csc4ccccc34)nc12. The molecule has 0 aliphatic carbocycles. The summed E-state index contributed by atoms with van der Waals surface area (Å²) < 4.78 is 2.21. The first kappa shape index (κ1) is 11.9. The van der Waals surface area contributed by atoms with Crippen LogP contribution in [0.5, 0.6) is 0 Å². The van der Waals surface area contributed by atoms with Gasteiger partial charge in [0.2, 0.25) is 0 Å². The summed E-state index contributed by atoms with van der Waals surface area (Å²) in [4.78, 5) is 8.01. The monoisotopic (exact) mass is 343 g/mol. The van der Waals surface area contributed by atoms with E-state index in [2.05, 4.69) is 49.5 Å². The lowest BCUT2D eigenvalue weighted by atomic mass is 10.2. The Morgan fingerprint density at radius 3 is 2.95 bits per heavy atom. The van der Waals surface area contributed by atoms with E-state index in [0.717, 1.165) is 26.9 Å². The van der Waals surface area contributed by atoms with Gasteiger partial charge in [-0.3, -0.25) is 0 Å². The third kappa shape index (κ3) is 1.74. The molecule has 0 bridgehead atoms. The minimum Gasteiger partial charge on any atom is -0.397 e. The van der Waals surface area contributed by atoms with Gasteiger partial charge in [0.1, 0.15) is 11.3 Å². The average molecular weight is 344 g/mol. The van der Waals surface area contributed by atoms with Gasteiger partial charge in [0.15, 0.2) is 0 Å². The fourth-order valence-corrected chi connectivity index (χ4v) is 3.82. The Balaban J connectivity index is 2.01. The first-order chi connectivity index (χ1) is 9.72. The van der Waals surface area contributed by atoms with Crippen molar-refractivity contribution in [2.45, 2.75) is 0 Å². The number of anilines is 1. The highest BCUT2D eigenvalue weighted by Crippen LogP contribution is 2.34. The number of aromatic nitrogens is 2. The van der Waals surface area contributed by atoms with E-state index < -0.39 is 0 Å². The average Bonchev–Trinajstić information content (AvgIpc) is 3.01. The third-order valence-corrected chi connectivity index (χ3v) is 4.74. The van der Waals surface area contributed by atoms with Crippen molar-refractivity contribution in [3.8, 4) is 11.4 Å². The predicted molar refractivity (Wildman–Crippen MR) is 89.0 cm³/mol. The molecule has 4 rings (SSSR count). The van der Waals surface area contributed by atoms with E-state index in [0.29, 0.717) is 5.69 Å². The van der Waals surface area contributed by atoms with Crippen LogP contribution >= 0.6 is 27.3 Å². The summed E-state index contributed by atoms with van der Waals surface area (Å²) >= 11 is 5.18. The molecule has 0 saturated carbocycles. The van der Waals surface area contributed by atoms with Crippen molar-refractivity contribution in [3.63, 3.8) is 0 Å². The van der Waals surface area contributed by atoms with Crippen LogP contribution in [0.1, 0.15) is 0 Å². The lowest BCUT2D eigenvalue weighted by molar-refractivity contribution is 1.35. The number of halogens is 1. The van der Waals surface area contributed by atoms with Gasteiger partial charge in [0, 0.05) is 25.5 Å². The summed E-state index contributed by atoms with van der Waals surface area (Å²) in [6.07, 6.45) is 0. The second kappa shape index (κ2) is 4.33. The number of imidazole rings is 1. The summed E-state index contributed by atoms with van der Waals surface area (Å²) in [6, 6.07) is 12.2. The maximum absolute atomic E-state index is 6.03. The van der Waals surface area contributed by atoms with Crippen molar-refractivity contribution in [3.05, 3.63) is 46.3 Å². The standard InChI is InChI=1S/C15H10BrN3S/c16-8-5-11(17)14-12(6-8)18-15(19-14)10-7-20-13-4-2-1-3-9(10)13/h1-7H,17H2,(H,18,19). The predicted octanol–water partition coefficient (Wildman–Crippen LogP) is 4.79. The number of benzene rings is 2. The Kier molecular flexibility index (Phi) is 2.58. The van der Waals surface area contributed by atoms with Crippen LogP contribution < -0.4 is 5.73 Å². The molecule has 0 aliphatic rings. The molecule has 0 radical (unpaired) electrons. The fourth-order valence-electron chi connectivity index (χ4n) is 2.40. The molecule has 0 fully saturated rings. The van der Waals surface area contributed by atoms with Crippen LogP contribution in [0.4, 0.5) is 5.69 Å². The van der Waals surface area contributed by atoms with Crippen molar-refractivity contribution in [2.24, 2.45) is 0 Å². The number of nitrogens with zero attached hydrogens (tertiary/aromatic N) is 1. The number of rotatable bonds is 1. The number of H-pyrrole nitrogens is 1. The summed E-state index contributed by atoms with van der Waals surface area (Å²) in [5.41, 5.74) is 9.59. The molecule has 0 spiro atoms. The van der Waals surface area contributed by atoms with Gasteiger partial charge in [-0.05, 0) is 18.2 Å². The highest BCUT2D eigenvalue weighted by atomic mass is 79.9. The van der Waals surface area contributed by atoms with Gasteiger partial charge in [-0.1, -0.05) is 34.1 Å². The Morgan fingerprint density at radius 2 is 2.05 bits per heavy atom. The molecular weight excluding hydrogens is 334 g/mol. The van der Waals surface area contributed by atoms with E-state index in [1.165, 1.54) is 10.1 Å². The maximum Gasteiger partial charge on any atom is 0.140 e. The number of hydrogen-bond acceptors (Lipinski definition) is 3. The van der Waals surface area contributed by atoms with Gasteiger partial charge in [0.25, 0.3) is 0 Å². The van der Waals surface area contributed by atoms with Gasteiger partial charge in [-0.15, -0.1) is 11.3 Å². The van der Waals surface area contributed by atoms with E-state index in [9.17, 15) is 0 Å². The summed E-state index contributed by atoms with van der Waals surface area (Å²) in [6.45, 7) is 0. The van der Waals surface area contributed by atoms with Crippen molar-refractivity contribution in [2.75, 3.05) is 5.73 Å². The Labute approximate surface area is 127 Å². The van der Waals surface area contributed by atoms with E-state index >= 15 is 0 Å². The van der Waals surface area contributed by atoms with Crippen LogP contribution in [0.25, 0.3) is 32.5 Å². The van der Waals surface area contributed by atoms with E-state index in [1.54, 1.807) is 11.3 Å². The molecule has 0 unspecified atom stereocenters. The van der Waals surface area contributed by atoms with E-state index in [1.807, 2.05) is 18.2 Å². The van der Waals surface area contributed by atoms with Gasteiger partial charge >= 0.3 is 0 Å². The van der Waals surface area contributed by atoms with Crippen molar-refractivity contribution in [1.29, 1.82) is 0 Å². The first-order valence-corrected chi connectivity index (χ1v) is 7.81. The largest absolute Gasteiger partial charge is 0.397 e. The molecule has 0 saturated heterocycles. The highest BCUT2D eigenvalue weighted by Gasteiger charge is 2.12. The lowest BCUT2D eigenvalue weighted by Crippen LogP contribution is -1.86. The van der Waals surface area contributed by atoms with E-state index in [-0.39, 0.29) is 0 Å². The van der Waals surface area contributed by atoms with Crippen LogP contribution in [-0.4, -0.2) is 9.97 Å². The molecule has 2 heterocycles. The van der Waals surface area contributed by atoms with Crippen LogP contribution in [0, 0.1) is 0 Å². The van der Waals surface area contributed by atoms with Crippen molar-refractivity contribution >= 4 is 54.1 Å². The van der Waals surface area contributed by atoms with Gasteiger partial charge in [-0.25, -0.2) is 4.98 Å². The molecule has 3 nitrogen and oxygen atoms in total. The van der Waals surface area contributed by atoms with Crippen molar-refractivity contribution < 1.29 is 0 Å². The zero-order valence-electron chi connectivity index (χ0n) is 10.4. The molecule has 5 heteroatoms. The molecule has 0 aliphatic heterocycles. The quantitative estimate of drug-likeness (QED) is 0.488. The second-order valence-corrected chi connectivity index (χ2v) is 6.45. The molecule has 0 atom stereocenters. The summed E-state index contributed by atoms with van der Waals surface area (Å²) in [7, 11) is 0. The molecular formula is C15H10BrN3S. The number of nitrogens with one attached hydrogen (secondary N) is 1. The molecule has 3 N–H and O–H groups in total. The molecule has 2 aromatic heterocycles. The summed E-state index contributed by atoms with van der Waals surface area (Å²) in [5.74, 6) is 0.863. The van der Waals surface area contributed by atoms with Gasteiger partial charge < -0.3 is 10.7 Å². The van der Waals surface area contributed by atoms with Crippen LogP contribution in [0.3, 0.4) is 0 Å². The minimum atomic E-state index is 0.677. The molecule has 2 aromatic carbocycles. The lowest BCUT2D eigenvalue weighted by Gasteiger charge is -1.94.